The Morgan fingerprint density at radius 2 is 1.88 bits per heavy atom. The normalized spacial score (nSPS) is 13.2. The van der Waals surface area contributed by atoms with Crippen LogP contribution in [-0.4, -0.2) is 12.0 Å². The van der Waals surface area contributed by atoms with Gasteiger partial charge in [-0.15, -0.1) is 0 Å². The molecule has 0 aliphatic rings. The van der Waals surface area contributed by atoms with E-state index in [1.807, 2.05) is 24.3 Å². The van der Waals surface area contributed by atoms with Crippen LogP contribution in [0.4, 0.5) is 5.69 Å². The predicted molar refractivity (Wildman–Crippen MR) is 100 cm³/mol. The largest absolute Gasteiger partial charge is 0.479 e. The van der Waals surface area contributed by atoms with E-state index in [1.54, 1.807) is 25.1 Å². The summed E-state index contributed by atoms with van der Waals surface area (Å²) in [7, 11) is 0. The summed E-state index contributed by atoms with van der Waals surface area (Å²) in [5.74, 6) is 0.569. The van der Waals surface area contributed by atoms with Gasteiger partial charge in [0.25, 0.3) is 5.91 Å². The first-order valence-corrected chi connectivity index (χ1v) is 8.69. The van der Waals surface area contributed by atoms with Crippen LogP contribution in [0.1, 0.15) is 38.7 Å². The van der Waals surface area contributed by atoms with Gasteiger partial charge >= 0.3 is 0 Å². The zero-order chi connectivity index (χ0) is 17.7. The van der Waals surface area contributed by atoms with Crippen LogP contribution in [0.3, 0.4) is 0 Å². The Morgan fingerprint density at radius 3 is 2.54 bits per heavy atom. The lowest BCUT2D eigenvalue weighted by Gasteiger charge is -2.19. The maximum Gasteiger partial charge on any atom is 0.265 e. The standard InChI is InChI=1S/C19H21Cl2NO2/c1-4-12(2)15-7-5-6-8-17(15)22-19(23)13(3)24-18-10-9-14(20)11-16(18)21/h5-13H,4H2,1-3H3,(H,22,23)/t12-,13-/m1/s1. The lowest BCUT2D eigenvalue weighted by atomic mass is 9.97. The zero-order valence-electron chi connectivity index (χ0n) is 14.0. The van der Waals surface area contributed by atoms with Crippen molar-refractivity contribution in [1.29, 1.82) is 0 Å². The molecule has 24 heavy (non-hydrogen) atoms. The third-order valence-electron chi connectivity index (χ3n) is 3.93. The van der Waals surface area contributed by atoms with Gasteiger partial charge < -0.3 is 10.1 Å². The van der Waals surface area contributed by atoms with E-state index in [1.165, 1.54) is 0 Å². The highest BCUT2D eigenvalue weighted by molar-refractivity contribution is 6.35. The van der Waals surface area contributed by atoms with Gasteiger partial charge in [0.1, 0.15) is 5.75 Å². The van der Waals surface area contributed by atoms with Gasteiger partial charge in [-0.2, -0.15) is 0 Å². The molecule has 0 radical (unpaired) electrons. The SMILES string of the molecule is CC[C@@H](C)c1ccccc1NC(=O)[C@@H](C)Oc1ccc(Cl)cc1Cl. The third-order valence-corrected chi connectivity index (χ3v) is 4.46. The Labute approximate surface area is 152 Å². The summed E-state index contributed by atoms with van der Waals surface area (Å²) in [6.07, 6.45) is 0.313. The number of ether oxygens (including phenoxy) is 1. The van der Waals surface area contributed by atoms with E-state index in [4.69, 9.17) is 27.9 Å². The third kappa shape index (κ3) is 4.65. The van der Waals surface area contributed by atoms with Gasteiger partial charge in [-0.05, 0) is 49.1 Å². The number of hydrogen-bond donors (Lipinski definition) is 1. The van der Waals surface area contributed by atoms with E-state index in [2.05, 4.69) is 19.2 Å². The van der Waals surface area contributed by atoms with E-state index in [0.717, 1.165) is 17.7 Å². The minimum atomic E-state index is -0.686. The molecule has 5 heteroatoms. The second-order valence-corrected chi connectivity index (χ2v) is 6.56. The summed E-state index contributed by atoms with van der Waals surface area (Å²) >= 11 is 11.9. The summed E-state index contributed by atoms with van der Waals surface area (Å²) in [6, 6.07) is 12.7. The van der Waals surface area contributed by atoms with E-state index in [0.29, 0.717) is 21.7 Å². The van der Waals surface area contributed by atoms with E-state index in [9.17, 15) is 4.79 Å². The molecule has 0 fully saturated rings. The van der Waals surface area contributed by atoms with Crippen molar-refractivity contribution in [3.05, 3.63) is 58.1 Å². The van der Waals surface area contributed by atoms with Crippen LogP contribution >= 0.6 is 23.2 Å². The Morgan fingerprint density at radius 1 is 1.17 bits per heavy atom. The number of carbonyl (C=O) groups is 1. The Balaban J connectivity index is 2.09. The van der Waals surface area contributed by atoms with Gasteiger partial charge in [-0.3, -0.25) is 4.79 Å². The molecular weight excluding hydrogens is 345 g/mol. The van der Waals surface area contributed by atoms with Gasteiger partial charge in [-0.1, -0.05) is 55.2 Å². The topological polar surface area (TPSA) is 38.3 Å². The van der Waals surface area contributed by atoms with Gasteiger partial charge in [0.05, 0.1) is 5.02 Å². The molecule has 1 N–H and O–H groups in total. The number of hydrogen-bond acceptors (Lipinski definition) is 2. The second kappa shape index (κ2) is 8.41. The molecule has 0 saturated heterocycles. The molecule has 0 aliphatic carbocycles. The van der Waals surface area contributed by atoms with E-state index >= 15 is 0 Å². The van der Waals surface area contributed by atoms with Crippen molar-refractivity contribution in [2.75, 3.05) is 5.32 Å². The maximum absolute atomic E-state index is 12.5. The minimum Gasteiger partial charge on any atom is -0.479 e. The predicted octanol–water partition coefficient (Wildman–Crippen LogP) is 5.91. The van der Waals surface area contributed by atoms with Gasteiger partial charge in [0, 0.05) is 10.7 Å². The number of anilines is 1. The van der Waals surface area contributed by atoms with Crippen LogP contribution in [0.5, 0.6) is 5.75 Å². The van der Waals surface area contributed by atoms with Crippen molar-refractivity contribution < 1.29 is 9.53 Å². The van der Waals surface area contributed by atoms with Gasteiger partial charge in [0.2, 0.25) is 0 Å². The Kier molecular flexibility index (Phi) is 6.52. The van der Waals surface area contributed by atoms with E-state index in [-0.39, 0.29) is 5.91 Å². The molecule has 0 bridgehead atoms. The Bertz CT molecular complexity index is 718. The number of para-hydroxylation sites is 1. The number of rotatable bonds is 6. The number of benzene rings is 2. The molecule has 2 aromatic carbocycles. The highest BCUT2D eigenvalue weighted by Crippen LogP contribution is 2.29. The second-order valence-electron chi connectivity index (χ2n) is 5.72. The van der Waals surface area contributed by atoms with E-state index < -0.39 is 6.10 Å². The lowest BCUT2D eigenvalue weighted by molar-refractivity contribution is -0.122. The molecule has 0 unspecified atom stereocenters. The molecule has 2 rings (SSSR count). The molecule has 0 aromatic heterocycles. The van der Waals surface area contributed by atoms with Crippen molar-refractivity contribution in [2.24, 2.45) is 0 Å². The highest BCUT2D eigenvalue weighted by Gasteiger charge is 2.18. The highest BCUT2D eigenvalue weighted by atomic mass is 35.5. The molecule has 128 valence electrons. The van der Waals surface area contributed by atoms with Crippen LogP contribution in [0.25, 0.3) is 0 Å². The molecule has 0 heterocycles. The fourth-order valence-corrected chi connectivity index (χ4v) is 2.76. The van der Waals surface area contributed by atoms with Crippen molar-refractivity contribution in [1.82, 2.24) is 0 Å². The van der Waals surface area contributed by atoms with Crippen molar-refractivity contribution in [2.45, 2.75) is 39.2 Å². The minimum absolute atomic E-state index is 0.225. The van der Waals surface area contributed by atoms with Crippen molar-refractivity contribution in [3.8, 4) is 5.75 Å². The monoisotopic (exact) mass is 365 g/mol. The summed E-state index contributed by atoms with van der Waals surface area (Å²) in [5.41, 5.74) is 1.93. The molecule has 0 spiro atoms. The van der Waals surface area contributed by atoms with Crippen LogP contribution < -0.4 is 10.1 Å². The average Bonchev–Trinajstić information content (AvgIpc) is 2.57. The quantitative estimate of drug-likeness (QED) is 0.690. The lowest BCUT2D eigenvalue weighted by Crippen LogP contribution is -2.30. The van der Waals surface area contributed by atoms with Gasteiger partial charge in [0.15, 0.2) is 6.10 Å². The molecule has 0 saturated carbocycles. The number of halogens is 2. The van der Waals surface area contributed by atoms with Crippen molar-refractivity contribution >= 4 is 34.8 Å². The molecule has 1 amide bonds. The molecular formula is C19H21Cl2NO2. The maximum atomic E-state index is 12.5. The number of amides is 1. The summed E-state index contributed by atoms with van der Waals surface area (Å²) < 4.78 is 5.66. The molecule has 3 nitrogen and oxygen atoms in total. The number of carbonyl (C=O) groups excluding carboxylic acids is 1. The van der Waals surface area contributed by atoms with Crippen LogP contribution in [-0.2, 0) is 4.79 Å². The molecule has 0 aliphatic heterocycles. The Hall–Kier alpha value is -1.71. The molecule has 2 atom stereocenters. The van der Waals surface area contributed by atoms with Gasteiger partial charge in [-0.25, -0.2) is 0 Å². The smallest absolute Gasteiger partial charge is 0.265 e. The zero-order valence-corrected chi connectivity index (χ0v) is 15.5. The van der Waals surface area contributed by atoms with Crippen LogP contribution in [0.15, 0.2) is 42.5 Å². The summed E-state index contributed by atoms with van der Waals surface area (Å²) in [6.45, 7) is 5.95. The summed E-state index contributed by atoms with van der Waals surface area (Å²) in [4.78, 5) is 12.5. The summed E-state index contributed by atoms with van der Waals surface area (Å²) in [5, 5.41) is 3.84. The number of nitrogens with one attached hydrogen (secondary N) is 1. The fraction of sp³-hybridized carbons (Fsp3) is 0.316. The average molecular weight is 366 g/mol. The fourth-order valence-electron chi connectivity index (χ4n) is 2.31. The first-order valence-electron chi connectivity index (χ1n) is 7.93. The van der Waals surface area contributed by atoms with Crippen LogP contribution in [0, 0.1) is 0 Å². The first kappa shape index (κ1) is 18.6. The molecule has 2 aromatic rings. The first-order chi connectivity index (χ1) is 11.4. The van der Waals surface area contributed by atoms with Crippen molar-refractivity contribution in [3.63, 3.8) is 0 Å². The van der Waals surface area contributed by atoms with Crippen LogP contribution in [0.2, 0.25) is 10.0 Å².